The highest BCUT2D eigenvalue weighted by Gasteiger charge is 2.20. The zero-order chi connectivity index (χ0) is 28.5. The van der Waals surface area contributed by atoms with Crippen LogP contribution in [-0.4, -0.2) is 31.0 Å². The molecule has 40 heavy (non-hydrogen) atoms. The molecule has 0 aliphatic carbocycles. The Kier molecular flexibility index (Phi) is 9.62. The molecule has 4 rings (SSSR count). The van der Waals surface area contributed by atoms with Gasteiger partial charge < -0.3 is 26.4 Å². The van der Waals surface area contributed by atoms with E-state index in [-0.39, 0.29) is 28.0 Å². The quantitative estimate of drug-likeness (QED) is 0.103. The van der Waals surface area contributed by atoms with Crippen LogP contribution in [0, 0.1) is 0 Å². The van der Waals surface area contributed by atoms with Crippen molar-refractivity contribution in [1.29, 1.82) is 0 Å². The van der Waals surface area contributed by atoms with E-state index < -0.39 is 17.9 Å². The van der Waals surface area contributed by atoms with Crippen LogP contribution in [0.3, 0.4) is 0 Å². The minimum absolute atomic E-state index is 0.0539. The summed E-state index contributed by atoms with van der Waals surface area (Å²) in [6.45, 7) is 0. The number of rotatable bonds is 9. The van der Waals surface area contributed by atoms with Crippen LogP contribution >= 0.6 is 23.2 Å². The van der Waals surface area contributed by atoms with Crippen molar-refractivity contribution in [2.45, 2.75) is 12.5 Å². The van der Waals surface area contributed by atoms with Gasteiger partial charge in [0, 0.05) is 17.8 Å². The van der Waals surface area contributed by atoms with Gasteiger partial charge in [0.15, 0.2) is 12.0 Å². The Bertz CT molecular complexity index is 1490. The second kappa shape index (κ2) is 13.5. The summed E-state index contributed by atoms with van der Waals surface area (Å²) < 4.78 is 4.96. The number of hydrogen-bond acceptors (Lipinski definition) is 5. The van der Waals surface area contributed by atoms with Crippen molar-refractivity contribution < 1.29 is 14.3 Å². The summed E-state index contributed by atoms with van der Waals surface area (Å²) in [5.74, 6) is -0.911. The fourth-order valence-electron chi connectivity index (χ4n) is 3.89. The first-order valence-corrected chi connectivity index (χ1v) is 13.0. The largest absolute Gasteiger partial charge is 0.467 e. The number of guanidine groups is 1. The third-order valence-electron chi connectivity index (χ3n) is 5.84. The number of hydrogen-bond donors (Lipinski definition) is 4. The van der Waals surface area contributed by atoms with Gasteiger partial charge in [-0.05, 0) is 54.1 Å². The number of nitrogens with one attached hydrogen (secondary N) is 3. The molecule has 4 aromatic carbocycles. The van der Waals surface area contributed by atoms with Gasteiger partial charge in [-0.25, -0.2) is 9.79 Å². The summed E-state index contributed by atoms with van der Waals surface area (Å²) >= 11 is 12.3. The van der Waals surface area contributed by atoms with Gasteiger partial charge in [-0.1, -0.05) is 71.7 Å². The van der Waals surface area contributed by atoms with Crippen molar-refractivity contribution in [3.63, 3.8) is 0 Å². The Balaban J connectivity index is 1.45. The maximum atomic E-state index is 12.7. The van der Waals surface area contributed by atoms with E-state index in [0.29, 0.717) is 11.4 Å². The lowest BCUT2D eigenvalue weighted by Crippen LogP contribution is -2.30. The Morgan fingerprint density at radius 2 is 1.43 bits per heavy atom. The zero-order valence-electron chi connectivity index (χ0n) is 21.5. The van der Waals surface area contributed by atoms with Crippen molar-refractivity contribution in [3.05, 3.63) is 118 Å². The van der Waals surface area contributed by atoms with Crippen LogP contribution in [0.2, 0.25) is 10.0 Å². The fourth-order valence-corrected chi connectivity index (χ4v) is 4.46. The molecule has 0 spiro atoms. The molecule has 204 valence electrons. The number of carbonyl (C=O) groups excluding carboxylic acids is 2. The van der Waals surface area contributed by atoms with E-state index in [1.165, 1.54) is 7.11 Å². The molecule has 0 bridgehead atoms. The van der Waals surface area contributed by atoms with Crippen molar-refractivity contribution in [1.82, 2.24) is 0 Å². The average molecular weight is 576 g/mol. The van der Waals surface area contributed by atoms with Gasteiger partial charge in [-0.3, -0.25) is 4.79 Å². The minimum Gasteiger partial charge on any atom is -0.467 e. The minimum atomic E-state index is -0.894. The molecule has 0 aromatic heterocycles. The smallest absolute Gasteiger partial charge is 0.331 e. The van der Waals surface area contributed by atoms with Gasteiger partial charge >= 0.3 is 5.97 Å². The van der Waals surface area contributed by atoms with E-state index in [2.05, 4.69) is 20.9 Å². The predicted octanol–water partition coefficient (Wildman–Crippen LogP) is 6.50. The molecule has 4 aromatic rings. The molecule has 0 heterocycles. The van der Waals surface area contributed by atoms with E-state index in [0.717, 1.165) is 16.9 Å². The molecule has 0 fully saturated rings. The molecular formula is C30H27Cl2N5O3. The van der Waals surface area contributed by atoms with Crippen LogP contribution in [0.5, 0.6) is 0 Å². The van der Waals surface area contributed by atoms with Crippen LogP contribution in [0.1, 0.15) is 15.9 Å². The lowest BCUT2D eigenvalue weighted by atomic mass is 10.1. The third kappa shape index (κ3) is 7.53. The van der Waals surface area contributed by atoms with E-state index in [9.17, 15) is 9.59 Å². The van der Waals surface area contributed by atoms with E-state index in [4.69, 9.17) is 33.7 Å². The summed E-state index contributed by atoms with van der Waals surface area (Å²) in [5, 5.41) is 9.68. The highest BCUT2D eigenvalue weighted by Crippen LogP contribution is 2.26. The molecular weight excluding hydrogens is 549 g/mol. The van der Waals surface area contributed by atoms with E-state index in [1.807, 2.05) is 54.6 Å². The zero-order valence-corrected chi connectivity index (χ0v) is 23.0. The number of esters is 1. The van der Waals surface area contributed by atoms with Crippen LogP contribution in [0.25, 0.3) is 0 Å². The van der Waals surface area contributed by atoms with Crippen LogP contribution in [0.15, 0.2) is 102 Å². The molecule has 5 N–H and O–H groups in total. The third-order valence-corrected chi connectivity index (χ3v) is 6.47. The van der Waals surface area contributed by atoms with Crippen LogP contribution < -0.4 is 21.7 Å². The number of nitrogens with two attached hydrogens (primary N) is 1. The van der Waals surface area contributed by atoms with E-state index in [1.54, 1.807) is 42.5 Å². The second-order valence-corrected chi connectivity index (χ2v) is 9.48. The topological polar surface area (TPSA) is 118 Å². The van der Waals surface area contributed by atoms with Gasteiger partial charge in [-0.2, -0.15) is 0 Å². The van der Waals surface area contributed by atoms with Gasteiger partial charge in [0.2, 0.25) is 0 Å². The fraction of sp³-hybridized carbons (Fsp3) is 0.100. The molecule has 0 aliphatic rings. The molecule has 0 aliphatic heterocycles. The number of carbonyl (C=O) groups is 2. The second-order valence-electron chi connectivity index (χ2n) is 8.67. The van der Waals surface area contributed by atoms with Crippen molar-refractivity contribution in [3.8, 4) is 0 Å². The SMILES string of the molecule is COC(=O)[C@H](Cc1ccc(NC(=O)c2c(Cl)cccc2Cl)cc1)N=C(N)Nc1ccccc1Nc1ccccc1. The molecule has 0 radical (unpaired) electrons. The van der Waals surface area contributed by atoms with Gasteiger partial charge in [0.1, 0.15) is 0 Å². The number of para-hydroxylation sites is 3. The first-order chi connectivity index (χ1) is 19.3. The molecule has 10 heteroatoms. The molecule has 0 saturated carbocycles. The number of benzene rings is 4. The number of amides is 1. The number of ether oxygens (including phenoxy) is 1. The molecule has 1 amide bonds. The van der Waals surface area contributed by atoms with Crippen molar-refractivity contribution >= 4 is 63.8 Å². The number of halogens is 2. The predicted molar refractivity (Wildman–Crippen MR) is 162 cm³/mol. The Labute approximate surface area is 242 Å². The summed E-state index contributed by atoms with van der Waals surface area (Å²) in [6, 6.07) is 28.2. The Morgan fingerprint density at radius 1 is 0.800 bits per heavy atom. The lowest BCUT2D eigenvalue weighted by molar-refractivity contribution is -0.142. The summed E-state index contributed by atoms with van der Waals surface area (Å²) in [6.07, 6.45) is 0.226. The highest BCUT2D eigenvalue weighted by molar-refractivity contribution is 6.40. The average Bonchev–Trinajstić information content (AvgIpc) is 2.95. The van der Waals surface area contributed by atoms with Crippen LogP contribution in [-0.2, 0) is 16.0 Å². The number of anilines is 4. The maximum absolute atomic E-state index is 12.7. The first-order valence-electron chi connectivity index (χ1n) is 12.3. The Morgan fingerprint density at radius 3 is 2.08 bits per heavy atom. The van der Waals surface area contributed by atoms with Crippen molar-refractivity contribution in [2.75, 3.05) is 23.1 Å². The number of methoxy groups -OCH3 is 1. The summed E-state index contributed by atoms with van der Waals surface area (Å²) in [7, 11) is 1.30. The normalized spacial score (nSPS) is 11.8. The van der Waals surface area contributed by atoms with Gasteiger partial charge in [-0.15, -0.1) is 0 Å². The first kappa shape index (κ1) is 28.5. The summed E-state index contributed by atoms with van der Waals surface area (Å²) in [5.41, 5.74) is 10.1. The molecule has 1 atom stereocenters. The Hall–Kier alpha value is -4.53. The number of aliphatic imine (C=N–C) groups is 1. The maximum Gasteiger partial charge on any atom is 0.331 e. The molecule has 0 saturated heterocycles. The monoisotopic (exact) mass is 575 g/mol. The standard InChI is InChI=1S/C30H27Cl2N5O3/c1-40-29(39)26(37-30(33)36-25-13-6-5-12-24(25)34-20-8-3-2-4-9-20)18-19-14-16-21(17-15-19)35-28(38)27-22(31)10-7-11-23(27)32/h2-17,26,34H,18H2,1H3,(H,35,38)(H3,33,36,37)/t26-/m0/s1. The lowest BCUT2D eigenvalue weighted by Gasteiger charge is -2.16. The molecule has 0 unspecified atom stereocenters. The molecule has 8 nitrogen and oxygen atoms in total. The van der Waals surface area contributed by atoms with Crippen LogP contribution in [0.4, 0.5) is 22.7 Å². The number of nitrogens with zero attached hydrogens (tertiary/aromatic N) is 1. The highest BCUT2D eigenvalue weighted by atomic mass is 35.5. The van der Waals surface area contributed by atoms with E-state index >= 15 is 0 Å². The van der Waals surface area contributed by atoms with Crippen molar-refractivity contribution in [2.24, 2.45) is 10.7 Å². The summed E-state index contributed by atoms with van der Waals surface area (Å²) in [4.78, 5) is 29.6. The van der Waals surface area contributed by atoms with Gasteiger partial charge in [0.25, 0.3) is 5.91 Å². The van der Waals surface area contributed by atoms with Gasteiger partial charge in [0.05, 0.1) is 34.1 Å².